The molecule has 0 unspecified atom stereocenters. The Balaban J connectivity index is 1.36. The molecule has 0 heterocycles. The smallest absolute Gasteiger partial charge is 0.296 e. The third-order valence-corrected chi connectivity index (χ3v) is 10.6. The highest BCUT2D eigenvalue weighted by Crippen LogP contribution is 2.43. The Morgan fingerprint density at radius 1 is 0.519 bits per heavy atom. The minimum absolute atomic E-state index is 0.162. The average Bonchev–Trinajstić information content (AvgIpc) is 3.06. The van der Waals surface area contributed by atoms with Crippen LogP contribution in [0.15, 0.2) is 132 Å². The molecule has 0 fully saturated rings. The van der Waals surface area contributed by atoms with E-state index < -0.39 is 56.5 Å². The molecule has 0 saturated carbocycles. The molecule has 18 heteroatoms. The summed E-state index contributed by atoms with van der Waals surface area (Å²) in [6, 6.07) is 24.0. The van der Waals surface area contributed by atoms with Crippen LogP contribution in [0.5, 0.6) is 5.75 Å². The quantitative estimate of drug-likeness (QED) is 0.0689. The van der Waals surface area contributed by atoms with Crippen LogP contribution in [0.4, 0.5) is 34.1 Å². The van der Waals surface area contributed by atoms with Gasteiger partial charge in [0.05, 0.1) is 17.1 Å². The number of aromatic hydroxyl groups is 1. The van der Waals surface area contributed by atoms with Crippen LogP contribution in [0.2, 0.25) is 0 Å². The number of azo groups is 2. The molecule has 0 aliphatic heterocycles. The van der Waals surface area contributed by atoms with E-state index in [1.165, 1.54) is 36.4 Å². The fourth-order valence-electron chi connectivity index (χ4n) is 5.43. The Bertz CT molecular complexity index is 2830. The topological polar surface area (TPSA) is 245 Å². The molecule has 6 aromatic rings. The minimum atomic E-state index is -4.88. The van der Waals surface area contributed by atoms with E-state index >= 15 is 0 Å². The van der Waals surface area contributed by atoms with Crippen molar-refractivity contribution < 1.29 is 44.0 Å². The first kappa shape index (κ1) is 36.2. The SMILES string of the molecule is Cc1cc(N=Nc2c(S(=O)(=O)O)cc3cc(Nc4ccccc4)ccc3c2O)c(C)cc1N=Nc1cc(S(=O)(=O)O)c2cccc(S(=O)(=O)O)c2c1. The van der Waals surface area contributed by atoms with Gasteiger partial charge in [0.1, 0.15) is 20.4 Å². The van der Waals surface area contributed by atoms with E-state index in [1.54, 1.807) is 32.0 Å². The maximum atomic E-state index is 12.4. The van der Waals surface area contributed by atoms with E-state index in [2.05, 4.69) is 25.8 Å². The molecular weight excluding hydrogens is 735 g/mol. The maximum absolute atomic E-state index is 12.4. The van der Waals surface area contributed by atoms with Gasteiger partial charge in [-0.15, -0.1) is 5.11 Å². The summed E-state index contributed by atoms with van der Waals surface area (Å²) in [7, 11) is -14.5. The standard InChI is InChI=1S/C34H27N5O10S3/c1-19-14-29(20(2)13-28(19)37-36-24-17-27-26(31(18-24)51(44,45)46)9-6-10-30(27)50(41,42)43)38-39-33-32(52(47,48)49)16-21-15-23(11-12-25(21)34(33)40)35-22-7-4-3-5-8-22/h3-18,35,40H,1-2H3,(H,41,42,43)(H,44,45,46)(H,47,48,49). The Kier molecular flexibility index (Phi) is 9.38. The number of benzene rings is 6. The third kappa shape index (κ3) is 7.52. The van der Waals surface area contributed by atoms with E-state index in [9.17, 15) is 44.0 Å². The highest BCUT2D eigenvalue weighted by Gasteiger charge is 2.23. The number of hydrogen-bond donors (Lipinski definition) is 5. The van der Waals surface area contributed by atoms with Crippen molar-refractivity contribution in [3.8, 4) is 5.75 Å². The molecule has 0 atom stereocenters. The zero-order valence-electron chi connectivity index (χ0n) is 27.0. The molecule has 6 rings (SSSR count). The second kappa shape index (κ2) is 13.5. The van der Waals surface area contributed by atoms with Crippen molar-refractivity contribution in [1.29, 1.82) is 0 Å². The van der Waals surface area contributed by atoms with Gasteiger partial charge in [-0.3, -0.25) is 13.7 Å². The van der Waals surface area contributed by atoms with Crippen molar-refractivity contribution in [3.05, 3.63) is 108 Å². The predicted octanol–water partition coefficient (Wildman–Crippen LogP) is 8.63. The molecule has 0 spiro atoms. The number of hydrogen-bond acceptors (Lipinski definition) is 12. The number of para-hydroxylation sites is 1. The summed E-state index contributed by atoms with van der Waals surface area (Å²) in [4.78, 5) is -1.93. The lowest BCUT2D eigenvalue weighted by atomic mass is 10.1. The predicted molar refractivity (Wildman–Crippen MR) is 193 cm³/mol. The molecule has 0 aliphatic carbocycles. The third-order valence-electron chi connectivity index (χ3n) is 7.90. The van der Waals surface area contributed by atoms with Crippen molar-refractivity contribution in [2.75, 3.05) is 5.32 Å². The lowest BCUT2D eigenvalue weighted by Gasteiger charge is -2.12. The Hall–Kier alpha value is -5.63. The number of rotatable bonds is 9. The number of anilines is 2. The number of nitrogens with one attached hydrogen (secondary N) is 1. The molecule has 0 amide bonds. The summed E-state index contributed by atoms with van der Waals surface area (Å²) in [5, 5.41) is 30.8. The Labute approximate surface area is 297 Å². The number of phenols is 1. The number of phenolic OH excluding ortho intramolecular Hbond substituents is 1. The monoisotopic (exact) mass is 761 g/mol. The highest BCUT2D eigenvalue weighted by molar-refractivity contribution is 7.86. The summed E-state index contributed by atoms with van der Waals surface area (Å²) < 4.78 is 103. The van der Waals surface area contributed by atoms with Crippen LogP contribution in [0.3, 0.4) is 0 Å². The van der Waals surface area contributed by atoms with E-state index in [0.29, 0.717) is 22.2 Å². The normalized spacial score (nSPS) is 12.7. The molecule has 0 saturated heterocycles. The van der Waals surface area contributed by atoms with E-state index in [1.807, 2.05) is 30.3 Å². The number of fused-ring (bicyclic) bond motifs is 2. The number of nitrogens with zero attached hydrogens (tertiary/aromatic N) is 4. The molecule has 52 heavy (non-hydrogen) atoms. The van der Waals surface area contributed by atoms with Crippen LogP contribution in [0, 0.1) is 13.8 Å². The van der Waals surface area contributed by atoms with Gasteiger partial charge >= 0.3 is 0 Å². The lowest BCUT2D eigenvalue weighted by Crippen LogP contribution is -2.03. The van der Waals surface area contributed by atoms with Gasteiger partial charge in [-0.2, -0.15) is 40.6 Å². The lowest BCUT2D eigenvalue weighted by molar-refractivity contribution is 0.472. The Morgan fingerprint density at radius 2 is 1.13 bits per heavy atom. The summed E-state index contributed by atoms with van der Waals surface area (Å²) in [5.41, 5.74) is 2.14. The van der Waals surface area contributed by atoms with Crippen LogP contribution in [0.25, 0.3) is 21.5 Å². The van der Waals surface area contributed by atoms with Crippen molar-refractivity contribution in [2.24, 2.45) is 20.5 Å². The molecule has 5 N–H and O–H groups in total. The minimum Gasteiger partial charge on any atom is -0.505 e. The van der Waals surface area contributed by atoms with Crippen molar-refractivity contribution >= 4 is 86.0 Å². The average molecular weight is 762 g/mol. The van der Waals surface area contributed by atoms with Crippen LogP contribution >= 0.6 is 0 Å². The van der Waals surface area contributed by atoms with Gasteiger partial charge in [0, 0.05) is 27.5 Å². The second-order valence-electron chi connectivity index (χ2n) is 11.5. The van der Waals surface area contributed by atoms with Gasteiger partial charge in [0.2, 0.25) is 0 Å². The van der Waals surface area contributed by atoms with E-state index in [0.717, 1.165) is 17.8 Å². The van der Waals surface area contributed by atoms with Gasteiger partial charge in [0.15, 0.2) is 5.75 Å². The molecule has 0 radical (unpaired) electrons. The Morgan fingerprint density at radius 3 is 1.75 bits per heavy atom. The first-order valence-corrected chi connectivity index (χ1v) is 19.3. The van der Waals surface area contributed by atoms with Gasteiger partial charge in [0.25, 0.3) is 30.4 Å². The maximum Gasteiger partial charge on any atom is 0.296 e. The first-order valence-electron chi connectivity index (χ1n) is 15.0. The van der Waals surface area contributed by atoms with Crippen LogP contribution in [-0.4, -0.2) is 44.0 Å². The fraction of sp³-hybridized carbons (Fsp3) is 0.0588. The highest BCUT2D eigenvalue weighted by atomic mass is 32.2. The van der Waals surface area contributed by atoms with E-state index in [4.69, 9.17) is 0 Å². The van der Waals surface area contributed by atoms with Gasteiger partial charge < -0.3 is 10.4 Å². The molecule has 0 bridgehead atoms. The molecule has 266 valence electrons. The van der Waals surface area contributed by atoms with Crippen molar-refractivity contribution in [2.45, 2.75) is 28.5 Å². The van der Waals surface area contributed by atoms with E-state index in [-0.39, 0.29) is 33.2 Å². The summed E-state index contributed by atoms with van der Waals surface area (Å²) in [6.45, 7) is 3.26. The van der Waals surface area contributed by atoms with Crippen molar-refractivity contribution in [1.82, 2.24) is 0 Å². The van der Waals surface area contributed by atoms with Crippen LogP contribution in [0.1, 0.15) is 11.1 Å². The molecule has 0 aliphatic rings. The second-order valence-corrected chi connectivity index (χ2v) is 15.7. The molecule has 0 aromatic heterocycles. The summed E-state index contributed by atoms with van der Waals surface area (Å²) in [5.74, 6) is -0.531. The van der Waals surface area contributed by atoms with Crippen LogP contribution < -0.4 is 5.32 Å². The van der Waals surface area contributed by atoms with Gasteiger partial charge in [-0.05, 0) is 97.1 Å². The van der Waals surface area contributed by atoms with Gasteiger partial charge in [-0.25, -0.2) is 0 Å². The molecule has 6 aromatic carbocycles. The van der Waals surface area contributed by atoms with Gasteiger partial charge in [-0.1, -0.05) is 30.3 Å². The zero-order chi connectivity index (χ0) is 37.6. The largest absolute Gasteiger partial charge is 0.505 e. The van der Waals surface area contributed by atoms with Crippen LogP contribution in [-0.2, 0) is 30.4 Å². The first-order chi connectivity index (χ1) is 24.4. The fourth-order valence-corrected chi connectivity index (χ4v) is 7.51. The number of aryl methyl sites for hydroxylation is 2. The van der Waals surface area contributed by atoms with Crippen molar-refractivity contribution in [3.63, 3.8) is 0 Å². The zero-order valence-corrected chi connectivity index (χ0v) is 29.4. The molecular formula is C34H27N5O10S3. The molecule has 15 nitrogen and oxygen atoms in total. The summed E-state index contributed by atoms with van der Waals surface area (Å²) >= 11 is 0. The summed E-state index contributed by atoms with van der Waals surface area (Å²) in [6.07, 6.45) is 0.